The van der Waals surface area contributed by atoms with E-state index >= 15 is 0 Å². The molecule has 1 aromatic carbocycles. The number of amides is 2. The molecule has 0 spiro atoms. The second-order valence-electron chi connectivity index (χ2n) is 5.33. The van der Waals surface area contributed by atoms with Crippen LogP contribution in [0.25, 0.3) is 0 Å². The van der Waals surface area contributed by atoms with Crippen LogP contribution in [0.5, 0.6) is 0 Å². The Morgan fingerprint density at radius 3 is 2.60 bits per heavy atom. The van der Waals surface area contributed by atoms with Gasteiger partial charge in [0.15, 0.2) is 0 Å². The number of urea groups is 1. The number of anilines is 1. The number of rotatable bonds is 2. The van der Waals surface area contributed by atoms with Gasteiger partial charge in [0.25, 0.3) is 0 Å². The molecule has 1 fully saturated rings. The molecule has 1 aliphatic heterocycles. The zero-order valence-electron chi connectivity index (χ0n) is 11.2. The minimum atomic E-state index is -0.865. The van der Waals surface area contributed by atoms with Crippen LogP contribution in [0.2, 0.25) is 5.02 Å². The molecule has 1 unspecified atom stereocenters. The number of carbonyl (C=O) groups is 2. The van der Waals surface area contributed by atoms with Gasteiger partial charge >= 0.3 is 12.0 Å². The highest BCUT2D eigenvalue weighted by molar-refractivity contribution is 6.30. The van der Waals surface area contributed by atoms with Crippen molar-refractivity contribution in [2.24, 2.45) is 5.41 Å². The van der Waals surface area contributed by atoms with Gasteiger partial charge in [-0.25, -0.2) is 4.79 Å². The Bertz CT molecular complexity index is 518. The highest BCUT2D eigenvalue weighted by Gasteiger charge is 2.39. The zero-order valence-corrected chi connectivity index (χ0v) is 12.0. The molecular weight excluding hydrogens is 280 g/mol. The molecular formula is C14H17ClN2O3. The largest absolute Gasteiger partial charge is 0.481 e. The first-order valence-corrected chi connectivity index (χ1v) is 6.83. The Morgan fingerprint density at radius 2 is 2.00 bits per heavy atom. The van der Waals surface area contributed by atoms with E-state index in [1.807, 2.05) is 0 Å². The predicted molar refractivity (Wildman–Crippen MR) is 77.0 cm³/mol. The third kappa shape index (κ3) is 3.22. The first-order valence-electron chi connectivity index (χ1n) is 6.46. The number of hydrogen-bond acceptors (Lipinski definition) is 2. The maximum absolute atomic E-state index is 12.2. The van der Waals surface area contributed by atoms with E-state index in [0.29, 0.717) is 30.1 Å². The normalized spacial score (nSPS) is 22.4. The Morgan fingerprint density at radius 1 is 1.35 bits per heavy atom. The van der Waals surface area contributed by atoms with Crippen LogP contribution >= 0.6 is 11.6 Å². The minimum absolute atomic E-state index is 0.224. The summed E-state index contributed by atoms with van der Waals surface area (Å²) in [5.41, 5.74) is -0.225. The van der Waals surface area contributed by atoms with Crippen LogP contribution in [-0.4, -0.2) is 35.1 Å². The van der Waals surface area contributed by atoms with Crippen LogP contribution < -0.4 is 5.32 Å². The van der Waals surface area contributed by atoms with Gasteiger partial charge in [-0.15, -0.1) is 0 Å². The van der Waals surface area contributed by atoms with Gasteiger partial charge in [-0.1, -0.05) is 11.6 Å². The lowest BCUT2D eigenvalue weighted by atomic mass is 9.82. The molecule has 1 heterocycles. The van der Waals surface area contributed by atoms with E-state index in [1.54, 1.807) is 36.1 Å². The summed E-state index contributed by atoms with van der Waals surface area (Å²) >= 11 is 5.78. The van der Waals surface area contributed by atoms with Crippen molar-refractivity contribution >= 4 is 29.3 Å². The Hall–Kier alpha value is -1.75. The maximum atomic E-state index is 12.2. The molecule has 20 heavy (non-hydrogen) atoms. The van der Waals surface area contributed by atoms with E-state index in [9.17, 15) is 14.7 Å². The van der Waals surface area contributed by atoms with Crippen molar-refractivity contribution in [1.82, 2.24) is 4.90 Å². The summed E-state index contributed by atoms with van der Waals surface area (Å²) in [5, 5.41) is 12.6. The maximum Gasteiger partial charge on any atom is 0.321 e. The summed E-state index contributed by atoms with van der Waals surface area (Å²) in [6, 6.07) is 6.52. The molecule has 2 amide bonds. The van der Waals surface area contributed by atoms with Crippen LogP contribution in [0, 0.1) is 5.41 Å². The summed E-state index contributed by atoms with van der Waals surface area (Å²) < 4.78 is 0. The third-order valence-corrected chi connectivity index (χ3v) is 3.85. The molecule has 5 nitrogen and oxygen atoms in total. The van der Waals surface area contributed by atoms with Crippen LogP contribution in [0.3, 0.4) is 0 Å². The number of nitrogens with zero attached hydrogens (tertiary/aromatic N) is 1. The third-order valence-electron chi connectivity index (χ3n) is 3.60. The summed E-state index contributed by atoms with van der Waals surface area (Å²) in [6.45, 7) is 2.47. The van der Waals surface area contributed by atoms with Crippen LogP contribution in [0.4, 0.5) is 10.5 Å². The standard InChI is InChI=1S/C14H17ClN2O3/c1-14(12(18)19)7-2-8-17(9-14)13(20)16-11-5-3-10(15)4-6-11/h3-6H,2,7-9H2,1H3,(H,16,20)(H,18,19). The highest BCUT2D eigenvalue weighted by Crippen LogP contribution is 2.30. The molecule has 1 aromatic rings. The van der Waals surface area contributed by atoms with Crippen LogP contribution in [-0.2, 0) is 4.79 Å². The predicted octanol–water partition coefficient (Wildman–Crippen LogP) is 3.06. The Kier molecular flexibility index (Phi) is 4.18. The lowest BCUT2D eigenvalue weighted by molar-refractivity contribution is -0.150. The lowest BCUT2D eigenvalue weighted by Gasteiger charge is -2.37. The molecule has 0 bridgehead atoms. The molecule has 2 N–H and O–H groups in total. The van der Waals surface area contributed by atoms with E-state index in [0.717, 1.165) is 0 Å². The average Bonchev–Trinajstić information content (AvgIpc) is 2.41. The molecule has 1 atom stereocenters. The van der Waals surface area contributed by atoms with Gasteiger partial charge in [0.1, 0.15) is 0 Å². The number of hydrogen-bond donors (Lipinski definition) is 2. The van der Waals surface area contributed by atoms with E-state index in [2.05, 4.69) is 5.32 Å². The summed E-state index contributed by atoms with van der Waals surface area (Å²) in [4.78, 5) is 25.0. The number of carbonyl (C=O) groups excluding carboxylic acids is 1. The fourth-order valence-electron chi connectivity index (χ4n) is 2.32. The number of carboxylic acid groups (broad SMARTS) is 1. The molecule has 2 rings (SSSR count). The van der Waals surface area contributed by atoms with Crippen molar-refractivity contribution in [3.63, 3.8) is 0 Å². The SMILES string of the molecule is CC1(C(=O)O)CCCN(C(=O)Nc2ccc(Cl)cc2)C1. The van der Waals surface area contributed by atoms with Gasteiger partial charge in [-0.2, -0.15) is 0 Å². The smallest absolute Gasteiger partial charge is 0.321 e. The molecule has 1 saturated heterocycles. The number of nitrogens with one attached hydrogen (secondary N) is 1. The van der Waals surface area contributed by atoms with Crippen LogP contribution in [0.15, 0.2) is 24.3 Å². The van der Waals surface area contributed by atoms with Gasteiger partial charge in [0.05, 0.1) is 5.41 Å². The Balaban J connectivity index is 2.02. The monoisotopic (exact) mass is 296 g/mol. The van der Waals surface area contributed by atoms with Crippen molar-refractivity contribution in [2.45, 2.75) is 19.8 Å². The summed E-state index contributed by atoms with van der Waals surface area (Å²) in [6.07, 6.45) is 1.28. The fraction of sp³-hybridized carbons (Fsp3) is 0.429. The number of likely N-dealkylation sites (tertiary alicyclic amines) is 1. The number of piperidine rings is 1. The topological polar surface area (TPSA) is 69.6 Å². The van der Waals surface area contributed by atoms with Gasteiger partial charge < -0.3 is 15.3 Å². The van der Waals surface area contributed by atoms with Crippen molar-refractivity contribution < 1.29 is 14.7 Å². The van der Waals surface area contributed by atoms with E-state index in [1.165, 1.54) is 0 Å². The number of halogens is 1. The highest BCUT2D eigenvalue weighted by atomic mass is 35.5. The Labute approximate surface area is 122 Å². The minimum Gasteiger partial charge on any atom is -0.481 e. The number of benzene rings is 1. The first kappa shape index (κ1) is 14.7. The molecule has 1 aliphatic rings. The molecule has 108 valence electrons. The number of aliphatic carboxylic acids is 1. The van der Waals surface area contributed by atoms with Crippen molar-refractivity contribution in [2.75, 3.05) is 18.4 Å². The van der Waals surface area contributed by atoms with E-state index in [4.69, 9.17) is 11.6 Å². The molecule has 0 saturated carbocycles. The molecule has 6 heteroatoms. The van der Waals surface area contributed by atoms with Crippen molar-refractivity contribution in [1.29, 1.82) is 0 Å². The average molecular weight is 297 g/mol. The second-order valence-corrected chi connectivity index (χ2v) is 5.76. The second kappa shape index (κ2) is 5.71. The molecule has 0 aliphatic carbocycles. The molecule has 0 radical (unpaired) electrons. The van der Waals surface area contributed by atoms with E-state index < -0.39 is 11.4 Å². The van der Waals surface area contributed by atoms with Gasteiger partial charge in [0, 0.05) is 23.8 Å². The quantitative estimate of drug-likeness (QED) is 0.881. The number of carboxylic acids is 1. The summed E-state index contributed by atoms with van der Waals surface area (Å²) in [7, 11) is 0. The summed E-state index contributed by atoms with van der Waals surface area (Å²) in [5.74, 6) is -0.860. The molecule has 0 aromatic heterocycles. The zero-order chi connectivity index (χ0) is 14.8. The van der Waals surface area contributed by atoms with Gasteiger partial charge in [-0.05, 0) is 44.0 Å². The van der Waals surface area contributed by atoms with E-state index in [-0.39, 0.29) is 12.6 Å². The van der Waals surface area contributed by atoms with Gasteiger partial charge in [-0.3, -0.25) is 4.79 Å². The first-order chi connectivity index (χ1) is 9.40. The van der Waals surface area contributed by atoms with Crippen molar-refractivity contribution in [3.05, 3.63) is 29.3 Å². The van der Waals surface area contributed by atoms with Gasteiger partial charge in [0.2, 0.25) is 0 Å². The van der Waals surface area contributed by atoms with Crippen LogP contribution in [0.1, 0.15) is 19.8 Å². The van der Waals surface area contributed by atoms with Crippen molar-refractivity contribution in [3.8, 4) is 0 Å². The fourth-order valence-corrected chi connectivity index (χ4v) is 2.45. The lowest BCUT2D eigenvalue weighted by Crippen LogP contribution is -2.49.